The van der Waals surface area contributed by atoms with Gasteiger partial charge in [-0.2, -0.15) is 0 Å². The number of carbonyl (C=O) groups excluding carboxylic acids is 1. The van der Waals surface area contributed by atoms with Crippen molar-refractivity contribution in [2.45, 2.75) is 114 Å². The highest BCUT2D eigenvalue weighted by molar-refractivity contribution is 5.89. The van der Waals surface area contributed by atoms with E-state index in [1.54, 1.807) is 0 Å². The molecular formula is C27H44O10. The average molecular weight is 529 g/mol. The van der Waals surface area contributed by atoms with Gasteiger partial charge < -0.3 is 45.2 Å². The van der Waals surface area contributed by atoms with Gasteiger partial charge in [0.05, 0.1) is 18.8 Å². The van der Waals surface area contributed by atoms with Crippen LogP contribution in [0.1, 0.15) is 65.2 Å². The molecule has 4 saturated carbocycles. The van der Waals surface area contributed by atoms with Gasteiger partial charge in [-0.25, -0.2) is 0 Å². The molecule has 212 valence electrons. The van der Waals surface area contributed by atoms with E-state index in [-0.39, 0.29) is 35.2 Å². The van der Waals surface area contributed by atoms with Crippen molar-refractivity contribution in [2.75, 3.05) is 13.2 Å². The summed E-state index contributed by atoms with van der Waals surface area (Å²) in [6, 6.07) is 0. The van der Waals surface area contributed by atoms with Gasteiger partial charge in [0.15, 0.2) is 12.1 Å². The van der Waals surface area contributed by atoms with E-state index in [9.17, 15) is 40.5 Å². The fourth-order valence-corrected chi connectivity index (χ4v) is 9.43. The largest absolute Gasteiger partial charge is 0.394 e. The smallest absolute Gasteiger partial charge is 0.190 e. The van der Waals surface area contributed by atoms with Crippen LogP contribution in [0.4, 0.5) is 0 Å². The molecule has 5 rings (SSSR count). The zero-order valence-corrected chi connectivity index (χ0v) is 21.8. The van der Waals surface area contributed by atoms with Gasteiger partial charge in [0.1, 0.15) is 36.6 Å². The molecule has 37 heavy (non-hydrogen) atoms. The average Bonchev–Trinajstić information content (AvgIpc) is 3.14. The molecule has 10 nitrogen and oxygen atoms in total. The maximum atomic E-state index is 12.6. The van der Waals surface area contributed by atoms with Gasteiger partial charge in [-0.3, -0.25) is 4.79 Å². The molecule has 0 spiro atoms. The molecule has 10 heteroatoms. The molecule has 1 saturated heterocycles. The molecule has 0 aromatic heterocycles. The Morgan fingerprint density at radius 3 is 2.38 bits per heavy atom. The Morgan fingerprint density at radius 2 is 1.70 bits per heavy atom. The van der Waals surface area contributed by atoms with Crippen LogP contribution < -0.4 is 0 Å². The first-order valence-corrected chi connectivity index (χ1v) is 13.9. The van der Waals surface area contributed by atoms with Crippen LogP contribution in [-0.2, 0) is 14.3 Å². The van der Waals surface area contributed by atoms with E-state index in [0.29, 0.717) is 32.1 Å². The number of ketones is 1. The lowest BCUT2D eigenvalue weighted by molar-refractivity contribution is -0.317. The van der Waals surface area contributed by atoms with E-state index in [2.05, 4.69) is 6.92 Å². The highest BCUT2D eigenvalue weighted by atomic mass is 16.7. The van der Waals surface area contributed by atoms with E-state index in [4.69, 9.17) is 9.47 Å². The Labute approximate surface area is 217 Å². The van der Waals surface area contributed by atoms with Crippen molar-refractivity contribution in [2.24, 2.45) is 34.5 Å². The second-order valence-electron chi connectivity index (χ2n) is 13.0. The Morgan fingerprint density at radius 1 is 0.973 bits per heavy atom. The summed E-state index contributed by atoms with van der Waals surface area (Å²) < 4.78 is 11.7. The van der Waals surface area contributed by atoms with Crippen LogP contribution in [0, 0.1) is 34.5 Å². The molecule has 0 radical (unpaired) electrons. The molecule has 5 aliphatic rings. The molecule has 1 aliphatic heterocycles. The highest BCUT2D eigenvalue weighted by Gasteiger charge is 2.68. The van der Waals surface area contributed by atoms with Gasteiger partial charge in [0.2, 0.25) is 0 Å². The number of ether oxygens (including phenoxy) is 2. The van der Waals surface area contributed by atoms with Crippen molar-refractivity contribution in [1.82, 2.24) is 0 Å². The van der Waals surface area contributed by atoms with E-state index >= 15 is 0 Å². The molecule has 0 aromatic rings. The summed E-state index contributed by atoms with van der Waals surface area (Å²) in [5.41, 5.74) is -2.52. The van der Waals surface area contributed by atoms with Crippen LogP contribution >= 0.6 is 0 Å². The normalized spacial score (nSPS) is 55.8. The van der Waals surface area contributed by atoms with Gasteiger partial charge in [-0.15, -0.1) is 0 Å². The van der Waals surface area contributed by atoms with Crippen LogP contribution in [0.25, 0.3) is 0 Å². The number of Topliss-reactive ketones (excluding diaryl/α,β-unsaturated/α-hetero) is 1. The van der Waals surface area contributed by atoms with Crippen LogP contribution in [-0.4, -0.2) is 103 Å². The minimum absolute atomic E-state index is 0.0316. The quantitative estimate of drug-likeness (QED) is 0.230. The summed E-state index contributed by atoms with van der Waals surface area (Å²) in [7, 11) is 0. The number of rotatable bonds is 5. The maximum absolute atomic E-state index is 12.6. The summed E-state index contributed by atoms with van der Waals surface area (Å²) in [5, 5.41) is 72.5. The fourth-order valence-electron chi connectivity index (χ4n) is 9.43. The SMILES string of the molecule is C[C@]12CC[C@H](OC3O[C@H](CO)[C@@H](O)[C@H](O)[C@H]3O)CC1CCC1C2[C@@H](O)C[C@@]2(C)C1CC[C@]2(O)C(=O)CO. The number of aliphatic hydroxyl groups is 7. The summed E-state index contributed by atoms with van der Waals surface area (Å²) in [5.74, 6) is 0.0226. The Hall–Kier alpha value is -0.690. The molecule has 5 fully saturated rings. The number of fused-ring (bicyclic) bond motifs is 5. The third-order valence-corrected chi connectivity index (χ3v) is 11.5. The number of hydrogen-bond acceptors (Lipinski definition) is 10. The highest BCUT2D eigenvalue weighted by Crippen LogP contribution is 2.68. The zero-order chi connectivity index (χ0) is 26.9. The molecule has 14 atom stereocenters. The van der Waals surface area contributed by atoms with Crippen molar-refractivity contribution in [1.29, 1.82) is 0 Å². The topological polar surface area (TPSA) is 177 Å². The van der Waals surface area contributed by atoms with Crippen LogP contribution in [0.5, 0.6) is 0 Å². The fraction of sp³-hybridized carbons (Fsp3) is 0.963. The van der Waals surface area contributed by atoms with E-state index in [0.717, 1.165) is 19.3 Å². The first-order chi connectivity index (χ1) is 17.4. The number of aliphatic hydroxyl groups excluding tert-OH is 6. The second-order valence-corrected chi connectivity index (χ2v) is 13.0. The first kappa shape index (κ1) is 27.9. The Balaban J connectivity index is 1.30. The van der Waals surface area contributed by atoms with Crippen LogP contribution in [0.15, 0.2) is 0 Å². The molecular weight excluding hydrogens is 484 g/mol. The van der Waals surface area contributed by atoms with Gasteiger partial charge in [0.25, 0.3) is 0 Å². The van der Waals surface area contributed by atoms with Gasteiger partial charge in [-0.05, 0) is 80.5 Å². The lowest BCUT2D eigenvalue weighted by Crippen LogP contribution is -2.63. The van der Waals surface area contributed by atoms with Crippen molar-refractivity contribution >= 4 is 5.78 Å². The molecule has 5 unspecified atom stereocenters. The Kier molecular flexibility index (Phi) is 7.34. The van der Waals surface area contributed by atoms with Crippen LogP contribution in [0.3, 0.4) is 0 Å². The monoisotopic (exact) mass is 528 g/mol. The zero-order valence-electron chi connectivity index (χ0n) is 21.8. The van der Waals surface area contributed by atoms with E-state index in [1.165, 1.54) is 0 Å². The van der Waals surface area contributed by atoms with Crippen molar-refractivity contribution < 1.29 is 50.0 Å². The van der Waals surface area contributed by atoms with Gasteiger partial charge in [-0.1, -0.05) is 13.8 Å². The van der Waals surface area contributed by atoms with Crippen molar-refractivity contribution in [3.8, 4) is 0 Å². The number of hydrogen-bond donors (Lipinski definition) is 7. The van der Waals surface area contributed by atoms with Crippen LogP contribution in [0.2, 0.25) is 0 Å². The minimum atomic E-state index is -1.60. The molecule has 0 aromatic carbocycles. The second kappa shape index (κ2) is 9.74. The summed E-state index contributed by atoms with van der Waals surface area (Å²) in [6.45, 7) is 2.96. The molecule has 0 amide bonds. The molecule has 0 bridgehead atoms. The predicted octanol–water partition coefficient (Wildman–Crippen LogP) is -0.522. The third-order valence-electron chi connectivity index (χ3n) is 11.5. The van der Waals surface area contributed by atoms with Crippen molar-refractivity contribution in [3.63, 3.8) is 0 Å². The summed E-state index contributed by atoms with van der Waals surface area (Å²) in [4.78, 5) is 12.6. The van der Waals surface area contributed by atoms with Crippen molar-refractivity contribution in [3.05, 3.63) is 0 Å². The standard InChI is InChI=1S/C27H44O10/c1-25-7-5-14(36-24-23(34)22(33)21(32)18(11-28)37-24)9-13(25)3-4-15-16-6-8-27(35,19(31)12-29)26(16,2)10-17(30)20(15)25/h13-18,20-24,28-30,32-35H,3-12H2,1-2H3/t13?,14-,15?,16?,17-,18+,20?,21+,22-,23+,24?,25-,26-,27-/m0/s1. The number of carbonyl (C=O) groups is 1. The van der Waals surface area contributed by atoms with E-state index < -0.39 is 66.8 Å². The third kappa shape index (κ3) is 4.05. The minimum Gasteiger partial charge on any atom is -0.394 e. The lowest BCUT2D eigenvalue weighted by atomic mass is 9.43. The first-order valence-electron chi connectivity index (χ1n) is 13.9. The van der Waals surface area contributed by atoms with Gasteiger partial charge in [0, 0.05) is 5.41 Å². The predicted molar refractivity (Wildman–Crippen MR) is 129 cm³/mol. The Bertz CT molecular complexity index is 868. The van der Waals surface area contributed by atoms with Gasteiger partial charge >= 0.3 is 0 Å². The molecule has 1 heterocycles. The van der Waals surface area contributed by atoms with E-state index in [1.807, 2.05) is 6.92 Å². The molecule has 7 N–H and O–H groups in total. The molecule has 4 aliphatic carbocycles. The summed E-state index contributed by atoms with van der Waals surface area (Å²) >= 11 is 0. The summed E-state index contributed by atoms with van der Waals surface area (Å²) in [6.07, 6.45) is -2.09. The maximum Gasteiger partial charge on any atom is 0.190 e. The lowest BCUT2D eigenvalue weighted by Gasteiger charge is -2.63.